The van der Waals surface area contributed by atoms with Crippen LogP contribution in [0.25, 0.3) is 11.0 Å². The molecule has 4 heteroatoms. The second-order valence-electron chi connectivity index (χ2n) is 5.99. The van der Waals surface area contributed by atoms with Gasteiger partial charge in [-0.15, -0.1) is 0 Å². The zero-order valence-corrected chi connectivity index (χ0v) is 12.6. The van der Waals surface area contributed by atoms with Crippen molar-refractivity contribution in [3.8, 4) is 0 Å². The number of hydrogen-bond donors (Lipinski definition) is 1. The van der Waals surface area contributed by atoms with Gasteiger partial charge < -0.3 is 5.32 Å². The van der Waals surface area contributed by atoms with E-state index in [2.05, 4.69) is 53.0 Å². The van der Waals surface area contributed by atoms with Crippen molar-refractivity contribution in [2.45, 2.75) is 25.3 Å². The lowest BCUT2D eigenvalue weighted by atomic mass is 9.94. The predicted molar refractivity (Wildman–Crippen MR) is 87.9 cm³/mol. The van der Waals surface area contributed by atoms with E-state index in [1.165, 1.54) is 24.1 Å². The highest BCUT2D eigenvalue weighted by Gasteiger charge is 2.17. The SMILES string of the molecule is c1ccc(Cn2cc3ccc(C4CCNCC4)nc3n2)cc1. The Bertz CT molecular complexity index is 757. The van der Waals surface area contributed by atoms with Crippen molar-refractivity contribution in [3.63, 3.8) is 0 Å². The first-order chi connectivity index (χ1) is 10.9. The molecule has 3 heterocycles. The van der Waals surface area contributed by atoms with Gasteiger partial charge in [-0.25, -0.2) is 4.98 Å². The van der Waals surface area contributed by atoms with Gasteiger partial charge in [-0.2, -0.15) is 5.10 Å². The van der Waals surface area contributed by atoms with Gasteiger partial charge in [-0.05, 0) is 43.6 Å². The highest BCUT2D eigenvalue weighted by Crippen LogP contribution is 2.25. The van der Waals surface area contributed by atoms with Crippen LogP contribution >= 0.6 is 0 Å². The van der Waals surface area contributed by atoms with E-state index < -0.39 is 0 Å². The standard InChI is InChI=1S/C18H20N4/c1-2-4-14(5-3-1)12-22-13-16-6-7-17(20-18(16)21-22)15-8-10-19-11-9-15/h1-7,13,15,19H,8-12H2. The van der Waals surface area contributed by atoms with E-state index in [1.807, 2.05) is 10.7 Å². The maximum absolute atomic E-state index is 4.80. The van der Waals surface area contributed by atoms with Crippen LogP contribution in [0, 0.1) is 0 Å². The van der Waals surface area contributed by atoms with Crippen LogP contribution in [0.2, 0.25) is 0 Å². The fourth-order valence-corrected chi connectivity index (χ4v) is 3.16. The fraction of sp³-hybridized carbons (Fsp3) is 0.333. The normalized spacial score (nSPS) is 16.2. The van der Waals surface area contributed by atoms with E-state index in [4.69, 9.17) is 4.98 Å². The molecule has 1 fully saturated rings. The molecule has 22 heavy (non-hydrogen) atoms. The molecular formula is C18H20N4. The number of nitrogens with one attached hydrogen (secondary N) is 1. The summed E-state index contributed by atoms with van der Waals surface area (Å²) in [6.07, 6.45) is 4.42. The second kappa shape index (κ2) is 5.89. The highest BCUT2D eigenvalue weighted by atomic mass is 15.3. The first-order valence-electron chi connectivity index (χ1n) is 7.97. The minimum absolute atomic E-state index is 0.574. The number of fused-ring (bicyclic) bond motifs is 1. The minimum Gasteiger partial charge on any atom is -0.317 e. The maximum atomic E-state index is 4.80. The van der Waals surface area contributed by atoms with E-state index in [-0.39, 0.29) is 0 Å². The summed E-state index contributed by atoms with van der Waals surface area (Å²) in [5.74, 6) is 0.574. The zero-order chi connectivity index (χ0) is 14.8. The molecule has 0 spiro atoms. The number of piperidine rings is 1. The van der Waals surface area contributed by atoms with Crippen LogP contribution in [-0.4, -0.2) is 27.9 Å². The van der Waals surface area contributed by atoms with Gasteiger partial charge in [0.1, 0.15) is 0 Å². The first-order valence-corrected chi connectivity index (χ1v) is 7.97. The van der Waals surface area contributed by atoms with Crippen LogP contribution < -0.4 is 5.32 Å². The van der Waals surface area contributed by atoms with E-state index >= 15 is 0 Å². The molecule has 0 saturated carbocycles. The fourth-order valence-electron chi connectivity index (χ4n) is 3.16. The third-order valence-electron chi connectivity index (χ3n) is 4.38. The molecule has 0 radical (unpaired) electrons. The minimum atomic E-state index is 0.574. The Morgan fingerprint density at radius 3 is 2.68 bits per heavy atom. The molecule has 0 aliphatic carbocycles. The van der Waals surface area contributed by atoms with E-state index in [1.54, 1.807) is 0 Å². The van der Waals surface area contributed by atoms with E-state index in [9.17, 15) is 0 Å². The average molecular weight is 292 g/mol. The van der Waals surface area contributed by atoms with Crippen molar-refractivity contribution in [3.05, 3.63) is 59.9 Å². The third-order valence-corrected chi connectivity index (χ3v) is 4.38. The molecule has 0 unspecified atom stereocenters. The molecule has 2 aromatic heterocycles. The van der Waals surface area contributed by atoms with Crippen LogP contribution in [0.1, 0.15) is 30.0 Å². The van der Waals surface area contributed by atoms with E-state index in [0.29, 0.717) is 5.92 Å². The molecule has 1 N–H and O–H groups in total. The number of nitrogens with zero attached hydrogens (tertiary/aromatic N) is 3. The average Bonchev–Trinajstić information content (AvgIpc) is 2.98. The van der Waals surface area contributed by atoms with Crippen molar-refractivity contribution < 1.29 is 0 Å². The number of rotatable bonds is 3. The molecule has 3 aromatic rings. The quantitative estimate of drug-likeness (QED) is 0.807. The Kier molecular flexibility index (Phi) is 3.60. The smallest absolute Gasteiger partial charge is 0.181 e. The van der Waals surface area contributed by atoms with Crippen LogP contribution in [0.4, 0.5) is 0 Å². The van der Waals surface area contributed by atoms with Crippen molar-refractivity contribution in [1.29, 1.82) is 0 Å². The summed E-state index contributed by atoms with van der Waals surface area (Å²) in [4.78, 5) is 4.80. The second-order valence-corrected chi connectivity index (χ2v) is 5.99. The Morgan fingerprint density at radius 1 is 1.05 bits per heavy atom. The van der Waals surface area contributed by atoms with Gasteiger partial charge in [0.05, 0.1) is 6.54 Å². The summed E-state index contributed by atoms with van der Waals surface area (Å²) >= 11 is 0. The number of aromatic nitrogens is 3. The lowest BCUT2D eigenvalue weighted by molar-refractivity contribution is 0.454. The molecule has 4 nitrogen and oxygen atoms in total. The molecule has 1 aliphatic rings. The lowest BCUT2D eigenvalue weighted by Gasteiger charge is -2.21. The summed E-state index contributed by atoms with van der Waals surface area (Å²) in [5.41, 5.74) is 3.32. The van der Waals surface area contributed by atoms with Gasteiger partial charge in [0.2, 0.25) is 0 Å². The highest BCUT2D eigenvalue weighted by molar-refractivity contribution is 5.74. The molecule has 112 valence electrons. The lowest BCUT2D eigenvalue weighted by Crippen LogP contribution is -2.27. The Hall–Kier alpha value is -2.20. The topological polar surface area (TPSA) is 42.7 Å². The van der Waals surface area contributed by atoms with Gasteiger partial charge in [-0.3, -0.25) is 4.68 Å². The molecular weight excluding hydrogens is 272 g/mol. The summed E-state index contributed by atoms with van der Waals surface area (Å²) in [6, 6.07) is 14.7. The molecule has 0 bridgehead atoms. The predicted octanol–water partition coefficient (Wildman–Crippen LogP) is 2.95. The molecule has 1 saturated heterocycles. The molecule has 4 rings (SSSR count). The molecule has 1 aromatic carbocycles. The Morgan fingerprint density at radius 2 is 1.86 bits per heavy atom. The van der Waals surface area contributed by atoms with Crippen molar-refractivity contribution in [1.82, 2.24) is 20.1 Å². The monoisotopic (exact) mass is 292 g/mol. The summed E-state index contributed by atoms with van der Waals surface area (Å²) in [7, 11) is 0. The summed E-state index contributed by atoms with van der Waals surface area (Å²) in [5, 5.41) is 9.18. The summed E-state index contributed by atoms with van der Waals surface area (Å²) in [6.45, 7) is 2.97. The van der Waals surface area contributed by atoms with Crippen LogP contribution in [0.15, 0.2) is 48.7 Å². The van der Waals surface area contributed by atoms with Gasteiger partial charge in [0.15, 0.2) is 5.65 Å². The number of pyridine rings is 1. The van der Waals surface area contributed by atoms with Gasteiger partial charge >= 0.3 is 0 Å². The van der Waals surface area contributed by atoms with Crippen molar-refractivity contribution in [2.24, 2.45) is 0 Å². The van der Waals surface area contributed by atoms with Gasteiger partial charge in [-0.1, -0.05) is 30.3 Å². The zero-order valence-electron chi connectivity index (χ0n) is 12.6. The van der Waals surface area contributed by atoms with Gasteiger partial charge in [0.25, 0.3) is 0 Å². The maximum Gasteiger partial charge on any atom is 0.181 e. The molecule has 0 atom stereocenters. The molecule has 0 amide bonds. The Labute approximate surface area is 130 Å². The van der Waals surface area contributed by atoms with Crippen molar-refractivity contribution >= 4 is 11.0 Å². The van der Waals surface area contributed by atoms with E-state index in [0.717, 1.165) is 30.7 Å². The Balaban J connectivity index is 1.60. The largest absolute Gasteiger partial charge is 0.317 e. The third kappa shape index (κ3) is 2.74. The number of hydrogen-bond acceptors (Lipinski definition) is 3. The first kappa shape index (κ1) is 13.5. The number of benzene rings is 1. The van der Waals surface area contributed by atoms with Gasteiger partial charge in [0, 0.05) is 23.2 Å². The summed E-state index contributed by atoms with van der Waals surface area (Å²) < 4.78 is 1.99. The molecule has 1 aliphatic heterocycles. The van der Waals surface area contributed by atoms with Crippen LogP contribution in [0.3, 0.4) is 0 Å². The van der Waals surface area contributed by atoms with Crippen LogP contribution in [0.5, 0.6) is 0 Å². The van der Waals surface area contributed by atoms with Crippen LogP contribution in [-0.2, 0) is 6.54 Å². The van der Waals surface area contributed by atoms with Crippen molar-refractivity contribution in [2.75, 3.05) is 13.1 Å².